The summed E-state index contributed by atoms with van der Waals surface area (Å²) in [6.45, 7) is 7.97. The molecule has 0 aromatic heterocycles. The number of carbonyl (C=O) groups excluding carboxylic acids is 2. The predicted octanol–water partition coefficient (Wildman–Crippen LogP) is 6.10. The molecular formula is C35H32BBrO8. The Morgan fingerprint density at radius 1 is 0.689 bits per heavy atom. The summed E-state index contributed by atoms with van der Waals surface area (Å²) in [5.74, 6) is -1.88. The van der Waals surface area contributed by atoms with E-state index in [9.17, 15) is 19.8 Å². The van der Waals surface area contributed by atoms with Gasteiger partial charge in [0.15, 0.2) is 0 Å². The number of ether oxygens (including phenoxy) is 2. The van der Waals surface area contributed by atoms with Crippen molar-refractivity contribution in [3.63, 3.8) is 0 Å². The molecule has 230 valence electrons. The molecule has 1 fully saturated rings. The summed E-state index contributed by atoms with van der Waals surface area (Å²) in [6.07, 6.45) is 0. The molecule has 0 amide bonds. The van der Waals surface area contributed by atoms with E-state index in [0.29, 0.717) is 11.1 Å². The van der Waals surface area contributed by atoms with E-state index >= 15 is 0 Å². The molecule has 1 aliphatic heterocycles. The average molecular weight is 671 g/mol. The zero-order valence-electron chi connectivity index (χ0n) is 25.7. The van der Waals surface area contributed by atoms with E-state index in [1.807, 2.05) is 64.1 Å². The smallest absolute Gasteiger partial charge is 0.494 e. The first kappa shape index (κ1) is 30.9. The highest BCUT2D eigenvalue weighted by Gasteiger charge is 2.53. The van der Waals surface area contributed by atoms with Gasteiger partial charge in [0, 0.05) is 4.47 Å². The normalized spacial score (nSPS) is 17.0. The number of esters is 2. The van der Waals surface area contributed by atoms with Crippen molar-refractivity contribution in [3.8, 4) is 22.6 Å². The topological polar surface area (TPSA) is 112 Å². The highest BCUT2D eigenvalue weighted by atomic mass is 79.9. The van der Waals surface area contributed by atoms with Gasteiger partial charge >= 0.3 is 19.1 Å². The van der Waals surface area contributed by atoms with Crippen LogP contribution in [0.15, 0.2) is 77.3 Å². The van der Waals surface area contributed by atoms with Crippen LogP contribution in [-0.4, -0.2) is 54.7 Å². The van der Waals surface area contributed by atoms with E-state index in [0.717, 1.165) is 32.2 Å². The molecule has 1 aliphatic carbocycles. The lowest BCUT2D eigenvalue weighted by atomic mass is 9.65. The lowest BCUT2D eigenvalue weighted by molar-refractivity contribution is 0.00578. The number of benzene rings is 4. The third kappa shape index (κ3) is 4.66. The van der Waals surface area contributed by atoms with Crippen LogP contribution in [0.3, 0.4) is 0 Å². The minimum Gasteiger partial charge on any atom is -0.507 e. The van der Waals surface area contributed by atoms with Gasteiger partial charge in [0.25, 0.3) is 0 Å². The molecule has 0 radical (unpaired) electrons. The first-order valence-corrected chi connectivity index (χ1v) is 15.2. The van der Waals surface area contributed by atoms with E-state index in [2.05, 4.69) is 15.9 Å². The number of methoxy groups -OCH3 is 2. The van der Waals surface area contributed by atoms with Gasteiger partial charge < -0.3 is 29.0 Å². The lowest BCUT2D eigenvalue weighted by Gasteiger charge is -2.35. The zero-order chi connectivity index (χ0) is 32.5. The molecule has 8 nitrogen and oxygen atoms in total. The molecule has 0 spiro atoms. The molecule has 4 aromatic carbocycles. The van der Waals surface area contributed by atoms with Gasteiger partial charge in [-0.05, 0) is 103 Å². The SMILES string of the molecule is COC(=O)c1cc(C2(c3ccc(O)c(C(=O)OC)c3)c3cc(Br)ccc3-c3ccc(B4OC(C)(C)C(C)(C)O4)cc32)ccc1O. The Kier molecular flexibility index (Phi) is 7.38. The number of halogens is 1. The van der Waals surface area contributed by atoms with Crippen LogP contribution >= 0.6 is 15.9 Å². The molecule has 6 rings (SSSR count). The van der Waals surface area contributed by atoms with E-state index < -0.39 is 35.7 Å². The zero-order valence-corrected chi connectivity index (χ0v) is 27.3. The number of hydrogen-bond donors (Lipinski definition) is 2. The van der Waals surface area contributed by atoms with Crippen molar-refractivity contribution >= 4 is 40.4 Å². The fraction of sp³-hybridized carbons (Fsp3) is 0.257. The van der Waals surface area contributed by atoms with Crippen LogP contribution in [0.1, 0.15) is 70.7 Å². The fourth-order valence-corrected chi connectivity index (χ4v) is 6.67. The quantitative estimate of drug-likeness (QED) is 0.171. The number of aromatic hydroxyl groups is 2. The first-order chi connectivity index (χ1) is 21.2. The third-order valence-electron chi connectivity index (χ3n) is 9.32. The highest BCUT2D eigenvalue weighted by Crippen LogP contribution is 2.57. The molecule has 0 bridgehead atoms. The number of hydrogen-bond acceptors (Lipinski definition) is 8. The van der Waals surface area contributed by atoms with Crippen molar-refractivity contribution in [2.75, 3.05) is 14.2 Å². The molecule has 0 atom stereocenters. The van der Waals surface area contributed by atoms with Crippen LogP contribution in [0.25, 0.3) is 11.1 Å². The third-order valence-corrected chi connectivity index (χ3v) is 9.81. The van der Waals surface area contributed by atoms with Crippen molar-refractivity contribution in [2.45, 2.75) is 44.3 Å². The van der Waals surface area contributed by atoms with Crippen molar-refractivity contribution in [2.24, 2.45) is 0 Å². The van der Waals surface area contributed by atoms with Crippen LogP contribution in [0.2, 0.25) is 0 Å². The summed E-state index contributed by atoms with van der Waals surface area (Å²) in [4.78, 5) is 25.7. The maximum Gasteiger partial charge on any atom is 0.494 e. The lowest BCUT2D eigenvalue weighted by Crippen LogP contribution is -2.41. The van der Waals surface area contributed by atoms with Gasteiger partial charge in [0.2, 0.25) is 0 Å². The van der Waals surface area contributed by atoms with Crippen LogP contribution in [0.4, 0.5) is 0 Å². The molecule has 2 N–H and O–H groups in total. The number of carbonyl (C=O) groups is 2. The summed E-state index contributed by atoms with van der Waals surface area (Å²) >= 11 is 3.65. The second-order valence-corrected chi connectivity index (χ2v) is 13.2. The molecule has 2 aliphatic rings. The van der Waals surface area contributed by atoms with Gasteiger partial charge in [-0.3, -0.25) is 0 Å². The highest BCUT2D eigenvalue weighted by molar-refractivity contribution is 9.10. The summed E-state index contributed by atoms with van der Waals surface area (Å²) in [5.41, 5.74) is 3.20. The number of fused-ring (bicyclic) bond motifs is 3. The Morgan fingerprint density at radius 3 is 1.64 bits per heavy atom. The van der Waals surface area contributed by atoms with Gasteiger partial charge in [-0.25, -0.2) is 9.59 Å². The Morgan fingerprint density at radius 2 is 1.16 bits per heavy atom. The molecule has 0 saturated carbocycles. The number of phenolic OH excluding ortho intramolecular Hbond substituents is 2. The van der Waals surface area contributed by atoms with Gasteiger partial charge in [0.1, 0.15) is 22.6 Å². The number of phenols is 2. The molecular weight excluding hydrogens is 639 g/mol. The first-order valence-electron chi connectivity index (χ1n) is 14.4. The minimum atomic E-state index is -1.15. The van der Waals surface area contributed by atoms with Crippen molar-refractivity contribution in [3.05, 3.63) is 111 Å². The van der Waals surface area contributed by atoms with Crippen LogP contribution in [0, 0.1) is 0 Å². The van der Waals surface area contributed by atoms with E-state index in [1.54, 1.807) is 24.3 Å². The van der Waals surface area contributed by atoms with E-state index in [1.165, 1.54) is 26.4 Å². The molecule has 1 heterocycles. The number of rotatable bonds is 5. The summed E-state index contributed by atoms with van der Waals surface area (Å²) in [5, 5.41) is 21.4. The van der Waals surface area contributed by atoms with E-state index in [4.69, 9.17) is 18.8 Å². The van der Waals surface area contributed by atoms with Crippen LogP contribution in [0.5, 0.6) is 11.5 Å². The second kappa shape index (κ2) is 10.8. The Bertz CT molecular complexity index is 1800. The predicted molar refractivity (Wildman–Crippen MR) is 173 cm³/mol. The van der Waals surface area contributed by atoms with Crippen molar-refractivity contribution < 1.29 is 38.6 Å². The van der Waals surface area contributed by atoms with E-state index in [-0.39, 0.29) is 22.6 Å². The molecule has 0 unspecified atom stereocenters. The minimum absolute atomic E-state index is 0.0199. The molecule has 4 aromatic rings. The largest absolute Gasteiger partial charge is 0.507 e. The summed E-state index contributed by atoms with van der Waals surface area (Å²) in [6, 6.07) is 21.6. The molecule has 10 heteroatoms. The van der Waals surface area contributed by atoms with Crippen molar-refractivity contribution in [1.82, 2.24) is 0 Å². The summed E-state index contributed by atoms with van der Waals surface area (Å²) in [7, 11) is 1.84. The monoisotopic (exact) mass is 670 g/mol. The van der Waals surface area contributed by atoms with Gasteiger partial charge in [-0.1, -0.05) is 52.3 Å². The van der Waals surface area contributed by atoms with Crippen molar-refractivity contribution in [1.29, 1.82) is 0 Å². The fourth-order valence-electron chi connectivity index (χ4n) is 6.31. The van der Waals surface area contributed by atoms with Gasteiger partial charge in [0.05, 0.1) is 30.8 Å². The molecule has 1 saturated heterocycles. The molecule has 45 heavy (non-hydrogen) atoms. The Labute approximate surface area is 270 Å². The Hall–Kier alpha value is -4.12. The second-order valence-electron chi connectivity index (χ2n) is 12.3. The summed E-state index contributed by atoms with van der Waals surface area (Å²) < 4.78 is 23.7. The van der Waals surface area contributed by atoms with Crippen LogP contribution in [-0.2, 0) is 24.2 Å². The Balaban J connectivity index is 1.73. The van der Waals surface area contributed by atoms with Crippen LogP contribution < -0.4 is 5.46 Å². The standard InChI is InChI=1S/C35H32BBrO8/c1-33(2)34(3,4)45-36(44-33)21-9-11-23-24-12-10-22(37)18-28(24)35(27(23)17-21,19-7-13-29(38)25(15-19)31(40)42-5)20-8-14-30(39)26(16-20)32(41)43-6/h7-18,38-39H,1-6H3. The van der Waals surface area contributed by atoms with Gasteiger partial charge in [-0.2, -0.15) is 0 Å². The maximum atomic E-state index is 12.8. The maximum absolute atomic E-state index is 12.8. The van der Waals surface area contributed by atoms with Gasteiger partial charge in [-0.15, -0.1) is 0 Å². The average Bonchev–Trinajstić information content (AvgIpc) is 3.42.